The lowest BCUT2D eigenvalue weighted by molar-refractivity contribution is -0.178. The van der Waals surface area contributed by atoms with Crippen LogP contribution in [0, 0.1) is 5.92 Å². The molecule has 0 bridgehead atoms. The van der Waals surface area contributed by atoms with Gasteiger partial charge in [0, 0.05) is 23.8 Å². The first-order valence-electron chi connectivity index (χ1n) is 4.66. The molecule has 1 spiro atoms. The maximum atomic E-state index is 8.23. The summed E-state index contributed by atoms with van der Waals surface area (Å²) in [4.78, 5) is 2.77. The Morgan fingerprint density at radius 3 is 2.92 bits per heavy atom. The first-order valence-corrected chi connectivity index (χ1v) is 4.66. The standard InChI is InChI=1S/C8H13N3O2/c9-11-10-6-7-2-1-3-8(7)12-4-5-13-8/h7H,1-6H2. The molecule has 2 aliphatic rings. The second-order valence-corrected chi connectivity index (χ2v) is 3.51. The first kappa shape index (κ1) is 8.81. The van der Waals surface area contributed by atoms with Crippen molar-refractivity contribution >= 4 is 0 Å². The van der Waals surface area contributed by atoms with Crippen molar-refractivity contribution in [3.63, 3.8) is 0 Å². The van der Waals surface area contributed by atoms with Crippen LogP contribution in [0.3, 0.4) is 0 Å². The highest BCUT2D eigenvalue weighted by atomic mass is 16.7. The summed E-state index contributed by atoms with van der Waals surface area (Å²) in [7, 11) is 0. The fourth-order valence-corrected chi connectivity index (χ4v) is 2.23. The molecule has 0 N–H and O–H groups in total. The highest BCUT2D eigenvalue weighted by Crippen LogP contribution is 2.42. The largest absolute Gasteiger partial charge is 0.347 e. The van der Waals surface area contributed by atoms with Crippen molar-refractivity contribution in [1.29, 1.82) is 0 Å². The number of ether oxygens (including phenoxy) is 2. The molecule has 1 aliphatic carbocycles. The second kappa shape index (κ2) is 3.54. The average Bonchev–Trinajstić information content (AvgIpc) is 2.75. The number of nitrogens with zero attached hydrogens (tertiary/aromatic N) is 3. The van der Waals surface area contributed by atoms with E-state index in [1.165, 1.54) is 0 Å². The summed E-state index contributed by atoms with van der Waals surface area (Å²) in [6, 6.07) is 0. The maximum absolute atomic E-state index is 8.23. The van der Waals surface area contributed by atoms with Crippen LogP contribution >= 0.6 is 0 Å². The Balaban J connectivity index is 2.04. The fraction of sp³-hybridized carbons (Fsp3) is 1.00. The Kier molecular flexibility index (Phi) is 2.40. The van der Waals surface area contributed by atoms with Gasteiger partial charge in [-0.25, -0.2) is 0 Å². The lowest BCUT2D eigenvalue weighted by atomic mass is 10.0. The van der Waals surface area contributed by atoms with Gasteiger partial charge in [0.15, 0.2) is 5.79 Å². The summed E-state index contributed by atoms with van der Waals surface area (Å²) in [5.41, 5.74) is 8.23. The molecule has 1 saturated carbocycles. The minimum Gasteiger partial charge on any atom is -0.347 e. The van der Waals surface area contributed by atoms with E-state index in [2.05, 4.69) is 10.0 Å². The van der Waals surface area contributed by atoms with Gasteiger partial charge in [-0.2, -0.15) is 0 Å². The number of rotatable bonds is 2. The summed E-state index contributed by atoms with van der Waals surface area (Å²) in [6.45, 7) is 1.84. The van der Waals surface area contributed by atoms with Crippen LogP contribution in [0.2, 0.25) is 0 Å². The predicted octanol–water partition coefficient (Wildman–Crippen LogP) is 1.84. The second-order valence-electron chi connectivity index (χ2n) is 3.51. The molecule has 2 fully saturated rings. The van der Waals surface area contributed by atoms with Gasteiger partial charge < -0.3 is 9.47 Å². The van der Waals surface area contributed by atoms with E-state index in [0.29, 0.717) is 19.8 Å². The monoisotopic (exact) mass is 183 g/mol. The maximum Gasteiger partial charge on any atom is 0.171 e. The van der Waals surface area contributed by atoms with Crippen LogP contribution in [0.25, 0.3) is 10.4 Å². The molecule has 13 heavy (non-hydrogen) atoms. The van der Waals surface area contributed by atoms with Gasteiger partial charge in [-0.3, -0.25) is 0 Å². The van der Waals surface area contributed by atoms with Crippen LogP contribution in [0.5, 0.6) is 0 Å². The quantitative estimate of drug-likeness (QED) is 0.372. The predicted molar refractivity (Wildman–Crippen MR) is 46.0 cm³/mol. The highest BCUT2D eigenvalue weighted by Gasteiger charge is 2.47. The molecule has 72 valence electrons. The van der Waals surface area contributed by atoms with Crippen molar-refractivity contribution in [1.82, 2.24) is 0 Å². The molecular weight excluding hydrogens is 170 g/mol. The van der Waals surface area contributed by atoms with Crippen molar-refractivity contribution in [3.05, 3.63) is 10.4 Å². The first-order chi connectivity index (χ1) is 6.37. The minimum atomic E-state index is -0.409. The van der Waals surface area contributed by atoms with Crippen molar-refractivity contribution in [2.45, 2.75) is 25.0 Å². The topological polar surface area (TPSA) is 67.2 Å². The van der Waals surface area contributed by atoms with Crippen LogP contribution in [0.1, 0.15) is 19.3 Å². The van der Waals surface area contributed by atoms with Gasteiger partial charge in [-0.05, 0) is 18.4 Å². The van der Waals surface area contributed by atoms with Crippen LogP contribution in [0.15, 0.2) is 5.11 Å². The summed E-state index contributed by atoms with van der Waals surface area (Å²) in [5, 5.41) is 3.59. The molecule has 0 amide bonds. The van der Waals surface area contributed by atoms with E-state index in [9.17, 15) is 0 Å². The summed E-state index contributed by atoms with van der Waals surface area (Å²) < 4.78 is 11.2. The van der Waals surface area contributed by atoms with E-state index < -0.39 is 5.79 Å². The molecule has 1 saturated heterocycles. The molecule has 1 atom stereocenters. The molecule has 1 heterocycles. The van der Waals surface area contributed by atoms with Crippen molar-refractivity contribution in [2.24, 2.45) is 11.0 Å². The van der Waals surface area contributed by atoms with Crippen molar-refractivity contribution < 1.29 is 9.47 Å². The molecule has 0 aromatic rings. The average molecular weight is 183 g/mol. The van der Waals surface area contributed by atoms with Crippen LogP contribution in [0.4, 0.5) is 0 Å². The third-order valence-electron chi connectivity index (χ3n) is 2.84. The zero-order valence-corrected chi connectivity index (χ0v) is 7.48. The Morgan fingerprint density at radius 1 is 1.46 bits per heavy atom. The van der Waals surface area contributed by atoms with Gasteiger partial charge in [0.2, 0.25) is 0 Å². The van der Waals surface area contributed by atoms with Gasteiger partial charge in [-0.15, -0.1) is 0 Å². The van der Waals surface area contributed by atoms with E-state index in [-0.39, 0.29) is 5.92 Å². The summed E-state index contributed by atoms with van der Waals surface area (Å²) >= 11 is 0. The number of azide groups is 1. The van der Waals surface area contributed by atoms with Gasteiger partial charge in [0.25, 0.3) is 0 Å². The molecule has 0 aromatic carbocycles. The zero-order chi connectivity index (χ0) is 9.15. The van der Waals surface area contributed by atoms with E-state index in [1.807, 2.05) is 0 Å². The van der Waals surface area contributed by atoms with E-state index >= 15 is 0 Å². The molecule has 2 rings (SSSR count). The normalized spacial score (nSPS) is 30.6. The van der Waals surface area contributed by atoms with E-state index in [4.69, 9.17) is 15.0 Å². The van der Waals surface area contributed by atoms with Gasteiger partial charge in [0.1, 0.15) is 0 Å². The zero-order valence-electron chi connectivity index (χ0n) is 7.48. The minimum absolute atomic E-state index is 0.255. The number of hydrogen-bond acceptors (Lipinski definition) is 3. The molecule has 1 aliphatic heterocycles. The lowest BCUT2D eigenvalue weighted by Gasteiger charge is -2.28. The molecule has 0 aromatic heterocycles. The smallest absolute Gasteiger partial charge is 0.171 e. The van der Waals surface area contributed by atoms with Crippen molar-refractivity contribution in [2.75, 3.05) is 19.8 Å². The van der Waals surface area contributed by atoms with E-state index in [0.717, 1.165) is 19.3 Å². The van der Waals surface area contributed by atoms with Crippen LogP contribution < -0.4 is 0 Å². The highest BCUT2D eigenvalue weighted by molar-refractivity contribution is 4.90. The third-order valence-corrected chi connectivity index (χ3v) is 2.84. The lowest BCUT2D eigenvalue weighted by Crippen LogP contribution is -2.35. The summed E-state index contributed by atoms with van der Waals surface area (Å²) in [5.74, 6) is -0.153. The third kappa shape index (κ3) is 1.50. The van der Waals surface area contributed by atoms with Gasteiger partial charge in [-0.1, -0.05) is 5.11 Å². The molecule has 0 radical (unpaired) electrons. The van der Waals surface area contributed by atoms with Gasteiger partial charge >= 0.3 is 0 Å². The Morgan fingerprint density at radius 2 is 2.23 bits per heavy atom. The van der Waals surface area contributed by atoms with Crippen LogP contribution in [-0.2, 0) is 9.47 Å². The molecule has 5 heteroatoms. The summed E-state index contributed by atoms with van der Waals surface area (Å²) in [6.07, 6.45) is 3.09. The van der Waals surface area contributed by atoms with Crippen molar-refractivity contribution in [3.8, 4) is 0 Å². The Bertz CT molecular complexity index is 226. The molecule has 1 unspecified atom stereocenters. The Labute approximate surface area is 76.6 Å². The molecular formula is C8H13N3O2. The molecule has 5 nitrogen and oxygen atoms in total. The Hall–Kier alpha value is -0.770. The SMILES string of the molecule is [N-]=[N+]=NCC1CCCC12OCCO2. The van der Waals surface area contributed by atoms with E-state index in [1.54, 1.807) is 0 Å². The van der Waals surface area contributed by atoms with Crippen LogP contribution in [-0.4, -0.2) is 25.5 Å². The number of hydrogen-bond donors (Lipinski definition) is 0. The fourth-order valence-electron chi connectivity index (χ4n) is 2.23. The van der Waals surface area contributed by atoms with Gasteiger partial charge in [0.05, 0.1) is 13.2 Å².